The molecule has 1 saturated carbocycles. The lowest BCUT2D eigenvalue weighted by atomic mass is 9.71. The molecular formula is C18H30BrClN4. The van der Waals surface area contributed by atoms with Crippen molar-refractivity contribution in [1.29, 1.82) is 5.26 Å². The van der Waals surface area contributed by atoms with Crippen molar-refractivity contribution in [2.24, 2.45) is 16.3 Å². The summed E-state index contributed by atoms with van der Waals surface area (Å²) in [5.41, 5.74) is 0.399. The molecule has 0 aromatic heterocycles. The first-order chi connectivity index (χ1) is 10.9. The molecule has 4 nitrogen and oxygen atoms in total. The fourth-order valence-corrected chi connectivity index (χ4v) is 4.01. The number of hydrogen-bond acceptors (Lipinski definition) is 4. The molecule has 24 heavy (non-hydrogen) atoms. The topological polar surface area (TPSA) is 51.4 Å². The zero-order valence-electron chi connectivity index (χ0n) is 15.2. The smallest absolute Gasteiger partial charge is 0.144 e. The van der Waals surface area contributed by atoms with Crippen LogP contribution in [0.1, 0.15) is 59.8 Å². The summed E-state index contributed by atoms with van der Waals surface area (Å²) >= 11 is 6.55. The van der Waals surface area contributed by atoms with E-state index in [1.54, 1.807) is 6.34 Å². The van der Waals surface area contributed by atoms with E-state index in [9.17, 15) is 0 Å². The third-order valence-corrected chi connectivity index (χ3v) is 5.62. The van der Waals surface area contributed by atoms with Crippen molar-refractivity contribution >= 4 is 34.9 Å². The highest BCUT2D eigenvalue weighted by atomic mass is 79.9. The molecule has 1 heterocycles. The normalized spacial score (nSPS) is 27.5. The minimum atomic E-state index is 0. The van der Waals surface area contributed by atoms with Crippen molar-refractivity contribution in [3.63, 3.8) is 0 Å². The average molecular weight is 418 g/mol. The lowest BCUT2D eigenvalue weighted by Gasteiger charge is -2.38. The molecule has 0 amide bonds. The van der Waals surface area contributed by atoms with Crippen molar-refractivity contribution in [3.8, 4) is 6.07 Å². The number of halogens is 2. The SMILES string of the molecule is Br.CCC1C(Cl)=C(N[C@H]2CC[C@@H](C(C)(C)C)CC2)N=CN1CC#N. The molecule has 0 bridgehead atoms. The summed E-state index contributed by atoms with van der Waals surface area (Å²) in [6, 6.07) is 2.68. The van der Waals surface area contributed by atoms with Crippen LogP contribution < -0.4 is 5.32 Å². The Bertz CT molecular complexity index is 510. The summed E-state index contributed by atoms with van der Waals surface area (Å²) < 4.78 is 0. The Balaban J connectivity index is 0.00000288. The second kappa shape index (κ2) is 9.10. The largest absolute Gasteiger partial charge is 0.366 e. The van der Waals surface area contributed by atoms with Crippen LogP contribution >= 0.6 is 28.6 Å². The number of nitrogens with zero attached hydrogens (tertiary/aromatic N) is 3. The third kappa shape index (κ3) is 5.13. The fourth-order valence-electron chi connectivity index (χ4n) is 3.63. The lowest BCUT2D eigenvalue weighted by Crippen LogP contribution is -2.41. The Morgan fingerprint density at radius 3 is 2.46 bits per heavy atom. The van der Waals surface area contributed by atoms with Gasteiger partial charge in [-0.3, -0.25) is 0 Å². The molecule has 1 aliphatic heterocycles. The second-order valence-corrected chi connectivity index (χ2v) is 8.16. The predicted molar refractivity (Wildman–Crippen MR) is 106 cm³/mol. The molecule has 1 N–H and O–H groups in total. The van der Waals surface area contributed by atoms with Crippen molar-refractivity contribution in [2.45, 2.75) is 71.9 Å². The highest BCUT2D eigenvalue weighted by Crippen LogP contribution is 2.38. The summed E-state index contributed by atoms with van der Waals surface area (Å²) in [6.07, 6.45) is 7.48. The highest BCUT2D eigenvalue weighted by Gasteiger charge is 2.31. The van der Waals surface area contributed by atoms with Gasteiger partial charge in [0, 0.05) is 6.04 Å². The van der Waals surface area contributed by atoms with Crippen molar-refractivity contribution in [3.05, 3.63) is 10.9 Å². The summed E-state index contributed by atoms with van der Waals surface area (Å²) in [6.45, 7) is 9.43. The summed E-state index contributed by atoms with van der Waals surface area (Å²) in [5.74, 6) is 1.60. The van der Waals surface area contributed by atoms with Gasteiger partial charge in [0.2, 0.25) is 0 Å². The van der Waals surface area contributed by atoms with Crippen LogP contribution in [0, 0.1) is 22.7 Å². The molecular weight excluding hydrogens is 388 g/mol. The first-order valence-electron chi connectivity index (χ1n) is 8.69. The molecule has 0 radical (unpaired) electrons. The van der Waals surface area contributed by atoms with Crippen LogP contribution in [0.4, 0.5) is 0 Å². The number of rotatable bonds is 4. The Hall–Kier alpha value is -0.730. The van der Waals surface area contributed by atoms with Crippen molar-refractivity contribution in [1.82, 2.24) is 10.2 Å². The van der Waals surface area contributed by atoms with Crippen LogP contribution in [-0.2, 0) is 0 Å². The summed E-state index contributed by atoms with van der Waals surface area (Å²) in [5, 5.41) is 13.2. The Morgan fingerprint density at radius 1 is 1.33 bits per heavy atom. The van der Waals surface area contributed by atoms with E-state index in [-0.39, 0.29) is 23.0 Å². The molecule has 2 rings (SSSR count). The summed E-state index contributed by atoms with van der Waals surface area (Å²) in [7, 11) is 0. The van der Waals surface area contributed by atoms with E-state index < -0.39 is 0 Å². The van der Waals surface area contributed by atoms with Crippen LogP contribution in [0.2, 0.25) is 0 Å². The average Bonchev–Trinajstić information content (AvgIpc) is 2.50. The monoisotopic (exact) mass is 416 g/mol. The molecule has 0 aromatic carbocycles. The number of aliphatic imine (C=N–C) groups is 1. The van der Waals surface area contributed by atoms with E-state index in [0.717, 1.165) is 23.2 Å². The van der Waals surface area contributed by atoms with Gasteiger partial charge in [-0.2, -0.15) is 5.26 Å². The standard InChI is InChI=1S/C18H29ClN4.BrH/c1-5-15-16(19)17(21-12-23(15)11-10-20)22-14-8-6-13(7-9-14)18(2,3)4;/h12-15,22H,5-9,11H2,1-4H3;1H/t13-,14+,15?;. The highest BCUT2D eigenvalue weighted by molar-refractivity contribution is 8.93. The van der Waals surface area contributed by atoms with Crippen LogP contribution in [0.5, 0.6) is 0 Å². The van der Waals surface area contributed by atoms with Gasteiger partial charge < -0.3 is 10.2 Å². The van der Waals surface area contributed by atoms with E-state index >= 15 is 0 Å². The number of hydrogen-bond donors (Lipinski definition) is 1. The minimum Gasteiger partial charge on any atom is -0.366 e. The Kier molecular flexibility index (Phi) is 8.08. The molecule has 6 heteroatoms. The van der Waals surface area contributed by atoms with Gasteiger partial charge in [0.15, 0.2) is 0 Å². The van der Waals surface area contributed by atoms with E-state index in [4.69, 9.17) is 16.9 Å². The zero-order chi connectivity index (χ0) is 17.0. The maximum Gasteiger partial charge on any atom is 0.144 e. The number of nitrogens with one attached hydrogen (secondary N) is 1. The fraction of sp³-hybridized carbons (Fsp3) is 0.778. The van der Waals surface area contributed by atoms with Gasteiger partial charge in [-0.15, -0.1) is 17.0 Å². The van der Waals surface area contributed by atoms with Crippen LogP contribution in [-0.4, -0.2) is 29.9 Å². The van der Waals surface area contributed by atoms with E-state index in [0.29, 0.717) is 18.0 Å². The van der Waals surface area contributed by atoms with Crippen LogP contribution in [0.3, 0.4) is 0 Å². The van der Waals surface area contributed by atoms with Crippen molar-refractivity contribution in [2.75, 3.05) is 6.54 Å². The van der Waals surface area contributed by atoms with Gasteiger partial charge in [-0.25, -0.2) is 4.99 Å². The van der Waals surface area contributed by atoms with Crippen LogP contribution in [0.25, 0.3) is 0 Å². The van der Waals surface area contributed by atoms with Gasteiger partial charge in [0.05, 0.1) is 23.5 Å². The molecule has 0 aromatic rings. The molecule has 1 fully saturated rings. The third-order valence-electron chi connectivity index (χ3n) is 5.19. The predicted octanol–water partition coefficient (Wildman–Crippen LogP) is 4.81. The van der Waals surface area contributed by atoms with Gasteiger partial charge >= 0.3 is 0 Å². The molecule has 2 aliphatic rings. The van der Waals surface area contributed by atoms with E-state index in [1.165, 1.54) is 25.7 Å². The first kappa shape index (κ1) is 21.3. The van der Waals surface area contributed by atoms with Gasteiger partial charge in [-0.1, -0.05) is 39.3 Å². The maximum absolute atomic E-state index is 8.91. The van der Waals surface area contributed by atoms with Gasteiger partial charge in [0.1, 0.15) is 12.4 Å². The molecule has 0 saturated heterocycles. The molecule has 1 atom stereocenters. The Morgan fingerprint density at radius 2 is 1.96 bits per heavy atom. The van der Waals surface area contributed by atoms with Gasteiger partial charge in [0.25, 0.3) is 0 Å². The second-order valence-electron chi connectivity index (χ2n) is 7.75. The van der Waals surface area contributed by atoms with E-state index in [1.807, 2.05) is 4.90 Å². The van der Waals surface area contributed by atoms with E-state index in [2.05, 4.69) is 44.1 Å². The zero-order valence-corrected chi connectivity index (χ0v) is 17.6. The first-order valence-corrected chi connectivity index (χ1v) is 9.07. The molecule has 1 aliphatic carbocycles. The van der Waals surface area contributed by atoms with Gasteiger partial charge in [-0.05, 0) is 43.4 Å². The minimum absolute atomic E-state index is 0. The molecule has 136 valence electrons. The quantitative estimate of drug-likeness (QED) is 0.668. The Labute approximate surface area is 162 Å². The number of nitriles is 1. The molecule has 0 spiro atoms. The summed E-state index contributed by atoms with van der Waals surface area (Å²) in [4.78, 5) is 6.36. The van der Waals surface area contributed by atoms with Crippen LogP contribution in [0.15, 0.2) is 15.8 Å². The lowest BCUT2D eigenvalue weighted by molar-refractivity contribution is 0.163. The maximum atomic E-state index is 8.91. The molecule has 1 unspecified atom stereocenters. The van der Waals surface area contributed by atoms with Crippen molar-refractivity contribution < 1.29 is 0 Å².